The second-order valence-electron chi connectivity index (χ2n) is 8.27. The molecule has 3 rings (SSSR count). The molecule has 196 valence electrons. The van der Waals surface area contributed by atoms with E-state index >= 15 is 0 Å². The summed E-state index contributed by atoms with van der Waals surface area (Å²) in [5.74, 6) is -0.376. The van der Waals surface area contributed by atoms with Gasteiger partial charge in [0, 0.05) is 11.1 Å². The quantitative estimate of drug-likeness (QED) is 0.350. The molecule has 0 saturated carbocycles. The lowest BCUT2D eigenvalue weighted by molar-refractivity contribution is -0.114. The van der Waals surface area contributed by atoms with Gasteiger partial charge in [-0.3, -0.25) is 13.9 Å². The van der Waals surface area contributed by atoms with Crippen molar-refractivity contribution in [1.82, 2.24) is 5.32 Å². The SMILES string of the molecule is CCOc1ccc(N(CC(=O)Nc2ccccc2C(=O)N[C@@H](C)CC)S(=O)(=O)c2ccc(Cl)cc2)cc1. The van der Waals surface area contributed by atoms with Gasteiger partial charge < -0.3 is 15.4 Å². The summed E-state index contributed by atoms with van der Waals surface area (Å²) in [5, 5.41) is 5.95. The summed E-state index contributed by atoms with van der Waals surface area (Å²) < 4.78 is 33.6. The number of amides is 2. The van der Waals surface area contributed by atoms with Crippen molar-refractivity contribution < 1.29 is 22.7 Å². The van der Waals surface area contributed by atoms with Crippen molar-refractivity contribution in [2.45, 2.75) is 38.1 Å². The first-order valence-electron chi connectivity index (χ1n) is 11.9. The van der Waals surface area contributed by atoms with Gasteiger partial charge in [-0.25, -0.2) is 8.42 Å². The predicted molar refractivity (Wildman–Crippen MR) is 146 cm³/mol. The molecule has 0 aliphatic heterocycles. The molecule has 0 aromatic heterocycles. The Kier molecular flexibility index (Phi) is 9.54. The van der Waals surface area contributed by atoms with E-state index in [1.165, 1.54) is 24.3 Å². The Labute approximate surface area is 222 Å². The third-order valence-corrected chi connectivity index (χ3v) is 7.60. The summed E-state index contributed by atoms with van der Waals surface area (Å²) >= 11 is 5.94. The lowest BCUT2D eigenvalue weighted by Gasteiger charge is -2.24. The first-order valence-corrected chi connectivity index (χ1v) is 13.7. The standard InChI is InChI=1S/C27H30ClN3O5S/c1-4-19(3)29-27(33)24-8-6-7-9-25(24)30-26(32)18-31(21-12-14-22(15-13-21)36-5-2)37(34,35)23-16-10-20(28)11-17-23/h6-17,19H,4-5,18H2,1-3H3,(H,29,33)(H,30,32)/t19-/m0/s1. The highest BCUT2D eigenvalue weighted by Gasteiger charge is 2.28. The maximum absolute atomic E-state index is 13.6. The van der Waals surface area contributed by atoms with E-state index < -0.39 is 22.5 Å². The van der Waals surface area contributed by atoms with E-state index in [4.69, 9.17) is 16.3 Å². The molecular formula is C27H30ClN3O5S. The van der Waals surface area contributed by atoms with Gasteiger partial charge in [-0.2, -0.15) is 0 Å². The summed E-state index contributed by atoms with van der Waals surface area (Å²) in [6, 6.07) is 18.6. The Balaban J connectivity index is 1.91. The van der Waals surface area contributed by atoms with Gasteiger partial charge in [-0.05, 0) is 80.9 Å². The first kappa shape index (κ1) is 28.0. The topological polar surface area (TPSA) is 105 Å². The lowest BCUT2D eigenvalue weighted by atomic mass is 10.1. The second kappa shape index (κ2) is 12.6. The average molecular weight is 544 g/mol. The monoisotopic (exact) mass is 543 g/mol. The molecule has 10 heteroatoms. The number of anilines is 2. The zero-order valence-corrected chi connectivity index (χ0v) is 22.5. The Morgan fingerprint density at radius 2 is 1.62 bits per heavy atom. The Morgan fingerprint density at radius 1 is 0.973 bits per heavy atom. The number of nitrogens with zero attached hydrogens (tertiary/aromatic N) is 1. The average Bonchev–Trinajstić information content (AvgIpc) is 2.88. The summed E-state index contributed by atoms with van der Waals surface area (Å²) in [6.07, 6.45) is 0.750. The number of sulfonamides is 1. The molecule has 3 aromatic rings. The fraction of sp³-hybridized carbons (Fsp3) is 0.259. The number of carbonyl (C=O) groups is 2. The van der Waals surface area contributed by atoms with E-state index in [0.717, 1.165) is 10.7 Å². The molecule has 37 heavy (non-hydrogen) atoms. The number of hydrogen-bond acceptors (Lipinski definition) is 5. The molecule has 0 bridgehead atoms. The van der Waals surface area contributed by atoms with Gasteiger partial charge >= 0.3 is 0 Å². The van der Waals surface area contributed by atoms with Crippen LogP contribution < -0.4 is 19.7 Å². The lowest BCUT2D eigenvalue weighted by Crippen LogP contribution is -2.38. The first-order chi connectivity index (χ1) is 17.6. The maximum Gasteiger partial charge on any atom is 0.264 e. The van der Waals surface area contributed by atoms with Crippen LogP contribution in [0.3, 0.4) is 0 Å². The minimum Gasteiger partial charge on any atom is -0.494 e. The van der Waals surface area contributed by atoms with Gasteiger partial charge in [0.1, 0.15) is 12.3 Å². The highest BCUT2D eigenvalue weighted by atomic mass is 35.5. The molecule has 0 aliphatic carbocycles. The Morgan fingerprint density at radius 3 is 2.24 bits per heavy atom. The molecule has 3 aromatic carbocycles. The minimum absolute atomic E-state index is 0.0214. The van der Waals surface area contributed by atoms with E-state index in [1.807, 2.05) is 20.8 Å². The molecule has 0 heterocycles. The summed E-state index contributed by atoms with van der Waals surface area (Å²) in [6.45, 7) is 5.61. The normalized spacial score (nSPS) is 11.9. The highest BCUT2D eigenvalue weighted by Crippen LogP contribution is 2.27. The molecule has 0 saturated heterocycles. The highest BCUT2D eigenvalue weighted by molar-refractivity contribution is 7.92. The Bertz CT molecular complexity index is 1330. The van der Waals surface area contributed by atoms with Crippen molar-refractivity contribution >= 4 is 44.8 Å². The van der Waals surface area contributed by atoms with Crippen LogP contribution in [0.4, 0.5) is 11.4 Å². The van der Waals surface area contributed by atoms with Gasteiger partial charge in [0.05, 0.1) is 28.4 Å². The molecule has 8 nitrogen and oxygen atoms in total. The molecule has 2 amide bonds. The molecule has 0 radical (unpaired) electrons. The van der Waals surface area contributed by atoms with Crippen molar-refractivity contribution in [3.8, 4) is 5.75 Å². The van der Waals surface area contributed by atoms with Crippen molar-refractivity contribution in [2.75, 3.05) is 22.8 Å². The van der Waals surface area contributed by atoms with Crippen LogP contribution in [0.2, 0.25) is 5.02 Å². The third kappa shape index (κ3) is 7.24. The van der Waals surface area contributed by atoms with E-state index in [9.17, 15) is 18.0 Å². The third-order valence-electron chi connectivity index (χ3n) is 5.56. The van der Waals surface area contributed by atoms with Gasteiger partial charge in [0.15, 0.2) is 0 Å². The molecule has 1 atom stereocenters. The largest absolute Gasteiger partial charge is 0.494 e. The maximum atomic E-state index is 13.6. The van der Waals surface area contributed by atoms with Crippen LogP contribution in [0, 0.1) is 0 Å². The second-order valence-corrected chi connectivity index (χ2v) is 10.6. The number of hydrogen-bond donors (Lipinski definition) is 2. The number of nitrogens with one attached hydrogen (secondary N) is 2. The van der Waals surface area contributed by atoms with Crippen LogP contribution in [0.5, 0.6) is 5.75 Å². The van der Waals surface area contributed by atoms with Crippen LogP contribution >= 0.6 is 11.6 Å². The van der Waals surface area contributed by atoms with Crippen LogP contribution in [0.25, 0.3) is 0 Å². The van der Waals surface area contributed by atoms with Crippen LogP contribution in [0.15, 0.2) is 77.7 Å². The number of carbonyl (C=O) groups excluding carboxylic acids is 2. The van der Waals surface area contributed by atoms with Gasteiger partial charge in [-0.1, -0.05) is 30.7 Å². The number of halogens is 1. The molecule has 0 fully saturated rings. The fourth-order valence-corrected chi connectivity index (χ4v) is 4.98. The van der Waals surface area contributed by atoms with E-state index in [1.54, 1.807) is 48.5 Å². The van der Waals surface area contributed by atoms with E-state index in [2.05, 4.69) is 10.6 Å². The smallest absolute Gasteiger partial charge is 0.264 e. The van der Waals surface area contributed by atoms with Crippen LogP contribution in [0.1, 0.15) is 37.6 Å². The van der Waals surface area contributed by atoms with E-state index in [-0.39, 0.29) is 33.8 Å². The fourth-order valence-electron chi connectivity index (χ4n) is 3.44. The predicted octanol–water partition coefficient (Wildman–Crippen LogP) is 5.10. The van der Waals surface area contributed by atoms with Crippen molar-refractivity contribution in [1.29, 1.82) is 0 Å². The zero-order chi connectivity index (χ0) is 27.0. The molecule has 0 unspecified atom stereocenters. The van der Waals surface area contributed by atoms with Crippen molar-refractivity contribution in [2.24, 2.45) is 0 Å². The number of ether oxygens (including phenoxy) is 1. The minimum atomic E-state index is -4.14. The van der Waals surface area contributed by atoms with Crippen LogP contribution in [-0.4, -0.2) is 39.4 Å². The molecule has 2 N–H and O–H groups in total. The molecule has 0 spiro atoms. The van der Waals surface area contributed by atoms with Gasteiger partial charge in [0.25, 0.3) is 15.9 Å². The summed E-state index contributed by atoms with van der Waals surface area (Å²) in [4.78, 5) is 25.9. The molecular weight excluding hydrogens is 514 g/mol. The van der Waals surface area contributed by atoms with Crippen LogP contribution in [-0.2, 0) is 14.8 Å². The van der Waals surface area contributed by atoms with Crippen molar-refractivity contribution in [3.63, 3.8) is 0 Å². The summed E-state index contributed by atoms with van der Waals surface area (Å²) in [5.41, 5.74) is 0.838. The number of para-hydroxylation sites is 1. The van der Waals surface area contributed by atoms with Gasteiger partial charge in [-0.15, -0.1) is 0 Å². The van der Waals surface area contributed by atoms with Gasteiger partial charge in [0.2, 0.25) is 5.91 Å². The van der Waals surface area contributed by atoms with E-state index in [0.29, 0.717) is 17.4 Å². The molecule has 0 aliphatic rings. The van der Waals surface area contributed by atoms with Crippen molar-refractivity contribution in [3.05, 3.63) is 83.4 Å². The zero-order valence-electron chi connectivity index (χ0n) is 20.9. The Hall–Kier alpha value is -3.56. The number of benzene rings is 3. The summed E-state index contributed by atoms with van der Waals surface area (Å²) in [7, 11) is -4.14. The number of rotatable bonds is 11.